The van der Waals surface area contributed by atoms with Gasteiger partial charge >= 0.3 is 49.4 Å². The van der Waals surface area contributed by atoms with E-state index < -0.39 is 195 Å². The molecule has 1 heterocycles. The van der Waals surface area contributed by atoms with Crippen LogP contribution in [-0.4, -0.2) is 6.15 Å². The van der Waals surface area contributed by atoms with Crippen molar-refractivity contribution in [1.82, 2.24) is 0 Å². The molecule has 0 saturated heterocycles. The van der Waals surface area contributed by atoms with Crippen LogP contribution in [0.3, 0.4) is 0 Å². The Morgan fingerprint density at radius 1 is 0.315 bits per heavy atom. The van der Waals surface area contributed by atoms with Crippen LogP contribution in [0.5, 0.6) is 0 Å². The highest BCUT2D eigenvalue weighted by Gasteiger charge is 2.47. The number of fused-ring (bicyclic) bond motifs is 1. The molecule has 0 radical (unpaired) electrons. The standard InChI is InChI=1S/C32H12BF24.C14H11NS/c34-25(35,36)13-1-14(26(37,38)39)6-21(5-13)33(22-7-15(27(40,41)42)2-16(8-22)28(43,44)45,23-9-17(29(46,47)48)3-18(10-23)30(49,50)51)24-11-19(31(52,53)54)4-20(12-24)32(55,56)57;1-2-6-11(7-3-1)10-14-15-12-8-4-5-9-13(12)16-14/h1-12H;1-9H,10H2/q-1;/p+1. The molecule has 0 aliphatic rings. The van der Waals surface area contributed by atoms with Crippen LogP contribution in [0.25, 0.3) is 10.2 Å². The predicted molar refractivity (Wildman–Crippen MR) is 218 cm³/mol. The quantitative estimate of drug-likeness (QED) is 0.116. The Hall–Kier alpha value is -6.41. The van der Waals surface area contributed by atoms with Crippen molar-refractivity contribution >= 4 is 49.6 Å². The summed E-state index contributed by atoms with van der Waals surface area (Å²) in [5, 5.41) is 1.31. The summed E-state index contributed by atoms with van der Waals surface area (Å²) in [4.78, 5) is 3.46. The normalized spacial score (nSPS) is 13.5. The summed E-state index contributed by atoms with van der Waals surface area (Å²) in [6.07, 6.45) is -53.8. The average molecular weight is 1090 g/mol. The van der Waals surface area contributed by atoms with E-state index in [1.165, 1.54) is 20.8 Å². The molecule has 0 atom stereocenters. The number of aromatic nitrogens is 1. The van der Waals surface area contributed by atoms with Crippen molar-refractivity contribution in [2.75, 3.05) is 0 Å². The van der Waals surface area contributed by atoms with Crippen molar-refractivity contribution in [3.63, 3.8) is 0 Å². The molecule has 1 aromatic heterocycles. The first-order valence-electron chi connectivity index (χ1n) is 20.0. The predicted octanol–water partition coefficient (Wildman–Crippen LogP) is 14.5. The van der Waals surface area contributed by atoms with Crippen molar-refractivity contribution in [1.29, 1.82) is 0 Å². The highest BCUT2D eigenvalue weighted by molar-refractivity contribution is 7.20. The first-order chi connectivity index (χ1) is 33.2. The summed E-state index contributed by atoms with van der Waals surface area (Å²) in [6, 6.07) is 10.2. The Bertz CT molecular complexity index is 2630. The Morgan fingerprint density at radius 2 is 0.562 bits per heavy atom. The molecule has 1 nitrogen and oxygen atoms in total. The van der Waals surface area contributed by atoms with Gasteiger partial charge in [-0.2, -0.15) is 132 Å². The van der Waals surface area contributed by atoms with E-state index in [1.807, 2.05) is 11.3 Å². The van der Waals surface area contributed by atoms with E-state index in [0.29, 0.717) is 0 Å². The molecule has 0 amide bonds. The van der Waals surface area contributed by atoms with Gasteiger partial charge in [0.2, 0.25) is 10.5 Å². The second kappa shape index (κ2) is 19.1. The van der Waals surface area contributed by atoms with E-state index >= 15 is 0 Å². The molecule has 0 aliphatic heterocycles. The van der Waals surface area contributed by atoms with Crippen LogP contribution in [0.1, 0.15) is 55.1 Å². The summed E-state index contributed by atoms with van der Waals surface area (Å²) < 4.78 is 342. The fourth-order valence-corrected chi connectivity index (χ4v) is 8.94. The number of aromatic amines is 1. The molecule has 0 saturated carbocycles. The van der Waals surface area contributed by atoms with Crippen LogP contribution in [0.2, 0.25) is 0 Å². The van der Waals surface area contributed by atoms with Crippen molar-refractivity contribution < 1.29 is 110 Å². The van der Waals surface area contributed by atoms with Gasteiger partial charge in [-0.05, 0) is 35.9 Å². The number of hydrogen-bond acceptors (Lipinski definition) is 1. The van der Waals surface area contributed by atoms with Crippen LogP contribution in [-0.2, 0) is 55.8 Å². The highest BCUT2D eigenvalue weighted by Crippen LogP contribution is 2.41. The number of alkyl halides is 24. The Kier molecular flexibility index (Phi) is 14.7. The summed E-state index contributed by atoms with van der Waals surface area (Å²) in [6.45, 7) is 0. The molecule has 0 bridgehead atoms. The zero-order valence-corrected chi connectivity index (χ0v) is 36.2. The fraction of sp³-hybridized carbons (Fsp3) is 0.196. The van der Waals surface area contributed by atoms with E-state index in [2.05, 4.69) is 59.6 Å². The summed E-state index contributed by atoms with van der Waals surface area (Å²) in [5.41, 5.74) is -27.6. The molecule has 0 fully saturated rings. The molecule has 7 aromatic rings. The second-order valence-corrected chi connectivity index (χ2v) is 17.2. The largest absolute Gasteiger partial charge is 0.416 e. The van der Waals surface area contributed by atoms with E-state index in [1.54, 1.807) is 0 Å². The van der Waals surface area contributed by atoms with Gasteiger partial charge in [0.05, 0.1) is 50.9 Å². The lowest BCUT2D eigenvalue weighted by Crippen LogP contribution is -2.75. The summed E-state index contributed by atoms with van der Waals surface area (Å²) >= 11 is 1.84. The molecule has 6 aromatic carbocycles. The van der Waals surface area contributed by atoms with Gasteiger partial charge in [-0.1, -0.05) is 102 Å². The number of halogens is 24. The number of hydrogen-bond donors (Lipinski definition) is 0. The van der Waals surface area contributed by atoms with Crippen molar-refractivity contribution in [3.8, 4) is 0 Å². The minimum absolute atomic E-state index is 0.691. The fourth-order valence-electron chi connectivity index (χ4n) is 7.90. The molecule has 0 unspecified atom stereocenters. The SMILES string of the molecule is FC(F)(F)c1cc([B-](c2cc(C(F)(F)F)cc(C(F)(F)F)c2)(c2cc(C(F)(F)F)cc(C(F)(F)F)c2)c2cc(C(F)(F)F)cc(C(F)(F)F)c2)cc(C(F)(F)F)c1.c1ccc(Cc2[nH+]c3ccccc3s2)cc1. The number of thiazole rings is 1. The van der Waals surface area contributed by atoms with Gasteiger partial charge in [0, 0.05) is 6.07 Å². The second-order valence-electron chi connectivity index (χ2n) is 16.0. The molecule has 390 valence electrons. The minimum atomic E-state index is -6.13. The summed E-state index contributed by atoms with van der Waals surface area (Å²) in [5.74, 6) is 0. The van der Waals surface area contributed by atoms with Crippen LogP contribution in [0.15, 0.2) is 127 Å². The van der Waals surface area contributed by atoms with E-state index in [4.69, 9.17) is 0 Å². The van der Waals surface area contributed by atoms with Gasteiger partial charge in [-0.15, -0.1) is 0 Å². The lowest BCUT2D eigenvalue weighted by atomic mass is 9.12. The number of H-pyrrole nitrogens is 1. The number of nitrogens with one attached hydrogen (secondary N) is 1. The monoisotopic (exact) mass is 1090 g/mol. The first kappa shape index (κ1) is 55.9. The third-order valence-electron chi connectivity index (χ3n) is 11.0. The van der Waals surface area contributed by atoms with E-state index in [-0.39, 0.29) is 0 Å². The van der Waals surface area contributed by atoms with Crippen molar-refractivity contribution in [2.24, 2.45) is 0 Å². The molecule has 27 heteroatoms. The van der Waals surface area contributed by atoms with E-state index in [0.717, 1.165) is 6.42 Å². The molecular formula is C46H24BF24NS. The molecule has 0 spiro atoms. The van der Waals surface area contributed by atoms with Gasteiger partial charge in [0.15, 0.2) is 0 Å². The lowest BCUT2D eigenvalue weighted by molar-refractivity contribution is -0.349. The van der Waals surface area contributed by atoms with Gasteiger partial charge in [-0.3, -0.25) is 0 Å². The Morgan fingerprint density at radius 3 is 0.808 bits per heavy atom. The Labute approximate surface area is 397 Å². The number of rotatable bonds is 6. The first-order valence-corrected chi connectivity index (χ1v) is 20.8. The molecule has 1 N–H and O–H groups in total. The van der Waals surface area contributed by atoms with Gasteiger partial charge in [0.1, 0.15) is 10.8 Å². The van der Waals surface area contributed by atoms with Gasteiger partial charge in [0.25, 0.3) is 0 Å². The van der Waals surface area contributed by atoms with Crippen LogP contribution >= 0.6 is 11.3 Å². The van der Waals surface area contributed by atoms with Gasteiger partial charge in [-0.25, -0.2) is 0 Å². The van der Waals surface area contributed by atoms with Crippen LogP contribution < -0.4 is 26.8 Å². The van der Waals surface area contributed by atoms with Crippen LogP contribution in [0.4, 0.5) is 105 Å². The van der Waals surface area contributed by atoms with Gasteiger partial charge < -0.3 is 0 Å². The number of para-hydroxylation sites is 1. The zero-order chi connectivity index (χ0) is 54.7. The highest BCUT2D eigenvalue weighted by atomic mass is 32.1. The third-order valence-corrected chi connectivity index (χ3v) is 12.1. The molecule has 73 heavy (non-hydrogen) atoms. The maximum Gasteiger partial charge on any atom is 0.416 e. The summed E-state index contributed by atoms with van der Waals surface area (Å²) in [7, 11) is 0. The smallest absolute Gasteiger partial charge is 0.198 e. The molecular weight excluding hydrogens is 1070 g/mol. The third kappa shape index (κ3) is 12.7. The van der Waals surface area contributed by atoms with Crippen molar-refractivity contribution in [2.45, 2.75) is 55.8 Å². The zero-order valence-electron chi connectivity index (χ0n) is 35.4. The van der Waals surface area contributed by atoms with Crippen LogP contribution in [0, 0.1) is 0 Å². The molecule has 0 aliphatic carbocycles. The topological polar surface area (TPSA) is 14.1 Å². The van der Waals surface area contributed by atoms with Crippen molar-refractivity contribution in [3.05, 3.63) is 182 Å². The van der Waals surface area contributed by atoms with E-state index in [9.17, 15) is 105 Å². The molecule has 7 rings (SSSR count). The number of benzene rings is 6. The minimum Gasteiger partial charge on any atom is -0.198 e. The Balaban J connectivity index is 0.000000453. The lowest BCUT2D eigenvalue weighted by Gasteiger charge is -2.46. The maximum absolute atomic E-state index is 14.2. The average Bonchev–Trinajstić information content (AvgIpc) is 3.67. The maximum atomic E-state index is 14.2.